The summed E-state index contributed by atoms with van der Waals surface area (Å²) in [6.07, 6.45) is 12.0. The molecular weight excluding hydrogens is 420 g/mol. The van der Waals surface area contributed by atoms with Crippen LogP contribution >= 0.6 is 0 Å². The molecule has 0 fully saturated rings. The lowest BCUT2D eigenvalue weighted by molar-refractivity contribution is 0.199. The zero-order valence-corrected chi connectivity index (χ0v) is 21.3. The second-order valence-corrected chi connectivity index (χ2v) is 10.3. The van der Waals surface area contributed by atoms with Crippen LogP contribution in [0, 0.1) is 0 Å². The van der Waals surface area contributed by atoms with Crippen molar-refractivity contribution in [3.05, 3.63) is 88.8 Å². The molecule has 3 aromatic rings. The lowest BCUT2D eigenvalue weighted by Gasteiger charge is -2.28. The van der Waals surface area contributed by atoms with Gasteiger partial charge in [0.25, 0.3) is 0 Å². The highest BCUT2D eigenvalue weighted by molar-refractivity contribution is 5.22. The Morgan fingerprint density at radius 2 is 0.765 bits per heavy atom. The highest BCUT2D eigenvalue weighted by Crippen LogP contribution is 2.19. The van der Waals surface area contributed by atoms with Crippen LogP contribution in [0.25, 0.3) is 0 Å². The quantitative estimate of drug-likeness (QED) is 0.558. The van der Waals surface area contributed by atoms with E-state index in [-0.39, 0.29) is 0 Å². The fourth-order valence-corrected chi connectivity index (χ4v) is 4.60. The molecule has 0 spiro atoms. The van der Waals surface area contributed by atoms with E-state index < -0.39 is 0 Å². The first-order valence-electron chi connectivity index (χ1n) is 12.3. The van der Waals surface area contributed by atoms with Gasteiger partial charge in [0, 0.05) is 88.5 Å². The topological polar surface area (TPSA) is 48.4 Å². The van der Waals surface area contributed by atoms with E-state index in [1.54, 1.807) is 0 Å². The van der Waals surface area contributed by atoms with Crippen LogP contribution in [0.15, 0.2) is 55.4 Å². The maximum atomic E-state index is 4.60. The average Bonchev–Trinajstić information content (AvgIpc) is 2.78. The maximum Gasteiger partial charge on any atom is 0.0313 e. The van der Waals surface area contributed by atoms with Crippen molar-refractivity contribution in [3.8, 4) is 0 Å². The van der Waals surface area contributed by atoms with Crippen molar-refractivity contribution < 1.29 is 0 Å². The maximum absolute atomic E-state index is 4.60. The van der Waals surface area contributed by atoms with E-state index in [0.29, 0.717) is 12.1 Å². The van der Waals surface area contributed by atoms with E-state index >= 15 is 0 Å². The number of nitrogens with zero attached hydrogens (tertiary/aromatic N) is 6. The van der Waals surface area contributed by atoms with Crippen molar-refractivity contribution >= 4 is 0 Å². The van der Waals surface area contributed by atoms with Crippen LogP contribution in [0.3, 0.4) is 0 Å². The highest BCUT2D eigenvalue weighted by atomic mass is 15.2. The molecule has 0 radical (unpaired) electrons. The Labute approximate surface area is 204 Å². The highest BCUT2D eigenvalue weighted by Gasteiger charge is 2.16. The summed E-state index contributed by atoms with van der Waals surface area (Å²) in [4.78, 5) is 21.0. The molecule has 0 amide bonds. The van der Waals surface area contributed by atoms with Crippen molar-refractivity contribution in [2.24, 2.45) is 0 Å². The van der Waals surface area contributed by atoms with Crippen molar-refractivity contribution in [1.29, 1.82) is 0 Å². The van der Waals surface area contributed by atoms with E-state index in [9.17, 15) is 0 Å². The summed E-state index contributed by atoms with van der Waals surface area (Å²) in [7, 11) is 2.16. The Balaban J connectivity index is 1.69. The van der Waals surface area contributed by atoms with Crippen LogP contribution in [-0.4, -0.2) is 48.8 Å². The minimum Gasteiger partial charge on any atom is -0.298 e. The largest absolute Gasteiger partial charge is 0.298 e. The minimum atomic E-state index is 0.422. The number of rotatable bonds is 2. The Hall–Kier alpha value is -2.67. The van der Waals surface area contributed by atoms with Gasteiger partial charge in [0.05, 0.1) is 0 Å². The molecule has 0 aromatic carbocycles. The third-order valence-electron chi connectivity index (χ3n) is 6.46. The number of fused-ring (bicyclic) bond motifs is 6. The first kappa shape index (κ1) is 24.5. The summed E-state index contributed by atoms with van der Waals surface area (Å²) < 4.78 is 0. The molecule has 0 aliphatic carbocycles. The molecule has 0 saturated carbocycles. The van der Waals surface area contributed by atoms with Gasteiger partial charge in [-0.25, -0.2) is 0 Å². The van der Waals surface area contributed by atoms with Crippen molar-refractivity contribution in [3.63, 3.8) is 0 Å². The van der Waals surface area contributed by atoms with E-state index in [1.807, 2.05) is 37.2 Å². The molecular formula is C28H38N6. The van der Waals surface area contributed by atoms with Gasteiger partial charge in [-0.3, -0.25) is 29.7 Å². The molecule has 1 aliphatic rings. The van der Waals surface area contributed by atoms with Gasteiger partial charge in [-0.1, -0.05) is 18.2 Å². The fourth-order valence-electron chi connectivity index (χ4n) is 4.60. The van der Waals surface area contributed by atoms with Crippen LogP contribution in [0.1, 0.15) is 61.1 Å². The molecule has 180 valence electrons. The first-order chi connectivity index (χ1) is 16.4. The molecule has 0 saturated heterocycles. The van der Waals surface area contributed by atoms with Gasteiger partial charge in [0.2, 0.25) is 0 Å². The summed E-state index contributed by atoms with van der Waals surface area (Å²) in [5, 5.41) is 0. The molecule has 6 nitrogen and oxygen atoms in total. The number of pyridine rings is 3. The SMILES string of the molecule is CC(C)N1Cc2cncc(c2)CN(C)Cc2cncc(c2)CN(C(C)C)Cc2cncc(c2)C1. The predicted octanol–water partition coefficient (Wildman–Crippen LogP) is 4.64. The van der Waals surface area contributed by atoms with E-state index in [1.165, 1.54) is 33.4 Å². The fraction of sp³-hybridized carbons (Fsp3) is 0.464. The molecule has 0 atom stereocenters. The lowest BCUT2D eigenvalue weighted by Crippen LogP contribution is -2.31. The van der Waals surface area contributed by atoms with Crippen LogP contribution < -0.4 is 0 Å². The van der Waals surface area contributed by atoms with Crippen LogP contribution in [0.5, 0.6) is 0 Å². The first-order valence-corrected chi connectivity index (χ1v) is 12.3. The standard InChI is InChI=1S/C28H38N6/c1-21(2)33-17-25-6-23(9-29-11-25)15-32(5)16-24-7-26(12-30-10-24)18-34(22(3)4)20-28-8-27(19-33)13-31-14-28/h6-14,21-22H,15-20H2,1-5H3. The smallest absolute Gasteiger partial charge is 0.0313 e. The second kappa shape index (κ2) is 11.2. The third-order valence-corrected chi connectivity index (χ3v) is 6.46. The Morgan fingerprint density at radius 1 is 0.500 bits per heavy atom. The van der Waals surface area contributed by atoms with Crippen molar-refractivity contribution in [1.82, 2.24) is 29.7 Å². The van der Waals surface area contributed by atoms with Gasteiger partial charge in [-0.15, -0.1) is 0 Å². The number of hydrogen-bond acceptors (Lipinski definition) is 6. The predicted molar refractivity (Wildman–Crippen MR) is 137 cm³/mol. The van der Waals surface area contributed by atoms with E-state index in [0.717, 1.165) is 39.3 Å². The lowest BCUT2D eigenvalue weighted by atomic mass is 10.1. The number of hydrogen-bond donors (Lipinski definition) is 0. The normalized spacial score (nSPS) is 17.0. The summed E-state index contributed by atoms with van der Waals surface area (Å²) in [6.45, 7) is 14.2. The average molecular weight is 459 g/mol. The van der Waals surface area contributed by atoms with Crippen molar-refractivity contribution in [2.45, 2.75) is 79.0 Å². The molecule has 0 unspecified atom stereocenters. The molecule has 3 aromatic heterocycles. The number of aromatic nitrogens is 3. The Bertz CT molecular complexity index is 999. The van der Waals surface area contributed by atoms with Crippen LogP contribution in [0.2, 0.25) is 0 Å². The zero-order valence-electron chi connectivity index (χ0n) is 21.3. The Kier molecular flexibility index (Phi) is 8.03. The van der Waals surface area contributed by atoms with Gasteiger partial charge in [0.15, 0.2) is 0 Å². The van der Waals surface area contributed by atoms with Gasteiger partial charge in [-0.05, 0) is 68.1 Å². The van der Waals surface area contributed by atoms with Gasteiger partial charge in [-0.2, -0.15) is 0 Å². The molecule has 1 aliphatic heterocycles. The van der Waals surface area contributed by atoms with E-state index in [2.05, 4.69) is 82.6 Å². The third kappa shape index (κ3) is 6.69. The second-order valence-electron chi connectivity index (χ2n) is 10.3. The van der Waals surface area contributed by atoms with Gasteiger partial charge >= 0.3 is 0 Å². The Morgan fingerprint density at radius 3 is 1.03 bits per heavy atom. The molecule has 6 bridgehead atoms. The van der Waals surface area contributed by atoms with Gasteiger partial charge in [0.1, 0.15) is 0 Å². The molecule has 4 rings (SSSR count). The molecule has 4 heterocycles. The monoisotopic (exact) mass is 458 g/mol. The summed E-state index contributed by atoms with van der Waals surface area (Å²) in [6, 6.07) is 7.76. The summed E-state index contributed by atoms with van der Waals surface area (Å²) in [5.41, 5.74) is 7.48. The van der Waals surface area contributed by atoms with E-state index in [4.69, 9.17) is 0 Å². The molecule has 6 heteroatoms. The minimum absolute atomic E-state index is 0.422. The molecule has 0 N–H and O–H groups in total. The summed E-state index contributed by atoms with van der Waals surface area (Å²) >= 11 is 0. The van der Waals surface area contributed by atoms with Crippen molar-refractivity contribution in [2.75, 3.05) is 7.05 Å². The summed E-state index contributed by atoms with van der Waals surface area (Å²) in [5.74, 6) is 0. The van der Waals surface area contributed by atoms with Crippen LogP contribution in [0.4, 0.5) is 0 Å². The van der Waals surface area contributed by atoms with Crippen LogP contribution in [-0.2, 0) is 39.3 Å². The zero-order chi connectivity index (χ0) is 24.1. The van der Waals surface area contributed by atoms with Gasteiger partial charge < -0.3 is 0 Å². The molecule has 34 heavy (non-hydrogen) atoms.